The average molecular weight is 200 g/mol. The monoisotopic (exact) mass is 200 g/mol. The Morgan fingerprint density at radius 3 is 2.79 bits per heavy atom. The van der Waals surface area contributed by atoms with Gasteiger partial charge >= 0.3 is 5.97 Å². The first kappa shape index (κ1) is 10.7. The normalized spacial score (nSPS) is 21.4. The third kappa shape index (κ3) is 1.77. The number of ketones is 1. The van der Waals surface area contributed by atoms with Gasteiger partial charge in [0.05, 0.1) is 19.8 Å². The summed E-state index contributed by atoms with van der Waals surface area (Å²) in [6.07, 6.45) is -1.21. The second kappa shape index (κ2) is 4.23. The standard InChI is InChI=1S/C9H12O5/c1-3-14-8-6(11)4-5(10)7(8)9(12)13-2/h5,10H,3-4H2,1-2H3. The maximum atomic E-state index is 11.3. The average Bonchev–Trinajstić information content (AvgIpc) is 2.42. The number of aliphatic hydroxyl groups is 1. The molecule has 5 nitrogen and oxygen atoms in total. The van der Waals surface area contributed by atoms with Gasteiger partial charge in [-0.05, 0) is 6.92 Å². The van der Waals surface area contributed by atoms with Gasteiger partial charge in [0.1, 0.15) is 5.57 Å². The highest BCUT2D eigenvalue weighted by atomic mass is 16.5. The van der Waals surface area contributed by atoms with Crippen molar-refractivity contribution in [2.75, 3.05) is 13.7 Å². The molecule has 0 aromatic rings. The van der Waals surface area contributed by atoms with E-state index in [-0.39, 0.29) is 30.1 Å². The zero-order valence-electron chi connectivity index (χ0n) is 8.07. The van der Waals surface area contributed by atoms with Gasteiger partial charge in [0.25, 0.3) is 0 Å². The Labute approximate surface area is 81.3 Å². The van der Waals surface area contributed by atoms with Crippen molar-refractivity contribution in [1.29, 1.82) is 0 Å². The quantitative estimate of drug-likeness (QED) is 0.638. The fourth-order valence-electron chi connectivity index (χ4n) is 1.31. The molecule has 5 heteroatoms. The topological polar surface area (TPSA) is 72.8 Å². The zero-order chi connectivity index (χ0) is 10.7. The molecule has 0 radical (unpaired) electrons. The minimum Gasteiger partial charge on any atom is -0.489 e. The van der Waals surface area contributed by atoms with E-state index < -0.39 is 12.1 Å². The number of methoxy groups -OCH3 is 1. The van der Waals surface area contributed by atoms with Crippen molar-refractivity contribution >= 4 is 11.8 Å². The van der Waals surface area contributed by atoms with Crippen molar-refractivity contribution in [2.24, 2.45) is 0 Å². The molecule has 0 aromatic heterocycles. The van der Waals surface area contributed by atoms with Gasteiger partial charge in [-0.3, -0.25) is 4.79 Å². The summed E-state index contributed by atoms with van der Waals surface area (Å²) in [6.45, 7) is 1.97. The smallest absolute Gasteiger partial charge is 0.340 e. The van der Waals surface area contributed by atoms with E-state index in [0.717, 1.165) is 0 Å². The van der Waals surface area contributed by atoms with Crippen LogP contribution in [-0.2, 0) is 19.1 Å². The molecular weight excluding hydrogens is 188 g/mol. The Hall–Kier alpha value is -1.36. The van der Waals surface area contributed by atoms with Gasteiger partial charge in [0, 0.05) is 6.42 Å². The Morgan fingerprint density at radius 1 is 1.64 bits per heavy atom. The molecule has 1 N–H and O–H groups in total. The van der Waals surface area contributed by atoms with E-state index >= 15 is 0 Å². The van der Waals surface area contributed by atoms with Crippen LogP contribution >= 0.6 is 0 Å². The predicted octanol–water partition coefficient (Wildman–Crippen LogP) is -0.216. The van der Waals surface area contributed by atoms with E-state index in [1.807, 2.05) is 0 Å². The molecule has 1 aliphatic rings. The van der Waals surface area contributed by atoms with Gasteiger partial charge < -0.3 is 14.6 Å². The van der Waals surface area contributed by atoms with Crippen molar-refractivity contribution in [1.82, 2.24) is 0 Å². The van der Waals surface area contributed by atoms with Crippen LogP contribution in [0.15, 0.2) is 11.3 Å². The number of Topliss-reactive ketones (excluding diaryl/α,β-unsaturated/α-hetero) is 1. The van der Waals surface area contributed by atoms with Crippen LogP contribution in [0, 0.1) is 0 Å². The molecule has 0 amide bonds. The van der Waals surface area contributed by atoms with Crippen molar-refractivity contribution in [3.05, 3.63) is 11.3 Å². The molecule has 0 spiro atoms. The lowest BCUT2D eigenvalue weighted by atomic mass is 10.2. The number of carbonyl (C=O) groups is 2. The van der Waals surface area contributed by atoms with Crippen LogP contribution in [0.2, 0.25) is 0 Å². The number of aliphatic hydroxyl groups excluding tert-OH is 1. The molecule has 1 atom stereocenters. The predicted molar refractivity (Wildman–Crippen MR) is 46.3 cm³/mol. The first-order chi connectivity index (χ1) is 6.61. The molecule has 0 saturated heterocycles. The molecule has 0 aliphatic heterocycles. The van der Waals surface area contributed by atoms with Crippen LogP contribution in [0.3, 0.4) is 0 Å². The van der Waals surface area contributed by atoms with Gasteiger partial charge in [0.15, 0.2) is 5.76 Å². The summed E-state index contributed by atoms with van der Waals surface area (Å²) in [5.74, 6) is -1.14. The molecule has 0 aromatic carbocycles. The molecule has 1 rings (SSSR count). The highest BCUT2D eigenvalue weighted by Crippen LogP contribution is 2.25. The van der Waals surface area contributed by atoms with Crippen LogP contribution in [0.1, 0.15) is 13.3 Å². The molecule has 0 heterocycles. The lowest BCUT2D eigenvalue weighted by Gasteiger charge is -2.06. The summed E-state index contributed by atoms with van der Waals surface area (Å²) in [7, 11) is 1.19. The Bertz CT molecular complexity index is 292. The van der Waals surface area contributed by atoms with E-state index in [9.17, 15) is 14.7 Å². The summed E-state index contributed by atoms with van der Waals surface area (Å²) in [6, 6.07) is 0. The van der Waals surface area contributed by atoms with Crippen LogP contribution in [0.4, 0.5) is 0 Å². The van der Waals surface area contributed by atoms with E-state index in [4.69, 9.17) is 4.74 Å². The summed E-state index contributed by atoms with van der Waals surface area (Å²) >= 11 is 0. The Kier molecular flexibility index (Phi) is 3.24. The Morgan fingerprint density at radius 2 is 2.29 bits per heavy atom. The van der Waals surface area contributed by atoms with Crippen LogP contribution < -0.4 is 0 Å². The van der Waals surface area contributed by atoms with Crippen LogP contribution in [-0.4, -0.2) is 36.7 Å². The van der Waals surface area contributed by atoms with E-state index in [1.54, 1.807) is 6.92 Å². The fraction of sp³-hybridized carbons (Fsp3) is 0.556. The molecule has 1 aliphatic carbocycles. The Balaban J connectivity index is 3.02. The van der Waals surface area contributed by atoms with E-state index in [0.29, 0.717) is 0 Å². The summed E-state index contributed by atoms with van der Waals surface area (Å²) in [4.78, 5) is 22.4. The van der Waals surface area contributed by atoms with Gasteiger partial charge in [-0.25, -0.2) is 4.79 Å². The molecule has 0 bridgehead atoms. The molecule has 0 fully saturated rings. The minimum atomic E-state index is -1.10. The van der Waals surface area contributed by atoms with Crippen LogP contribution in [0.25, 0.3) is 0 Å². The number of allylic oxidation sites excluding steroid dienone is 1. The largest absolute Gasteiger partial charge is 0.489 e. The number of esters is 1. The van der Waals surface area contributed by atoms with Gasteiger partial charge in [0.2, 0.25) is 5.78 Å². The summed E-state index contributed by atoms with van der Waals surface area (Å²) < 4.78 is 9.43. The SMILES string of the molecule is CCOC1=C(C(=O)OC)C(O)CC1=O. The van der Waals surface area contributed by atoms with Crippen molar-refractivity contribution in [3.63, 3.8) is 0 Å². The second-order valence-corrected chi connectivity index (χ2v) is 2.81. The maximum Gasteiger partial charge on any atom is 0.340 e. The number of rotatable bonds is 3. The van der Waals surface area contributed by atoms with E-state index in [2.05, 4.69) is 4.74 Å². The summed E-state index contributed by atoms with van der Waals surface area (Å²) in [5, 5.41) is 9.40. The lowest BCUT2D eigenvalue weighted by Crippen LogP contribution is -2.16. The molecule has 78 valence electrons. The molecular formula is C9H12O5. The third-order valence-electron chi connectivity index (χ3n) is 1.90. The van der Waals surface area contributed by atoms with Crippen LogP contribution in [0.5, 0.6) is 0 Å². The number of ether oxygens (including phenoxy) is 2. The van der Waals surface area contributed by atoms with Gasteiger partial charge in [-0.15, -0.1) is 0 Å². The van der Waals surface area contributed by atoms with Gasteiger partial charge in [-0.1, -0.05) is 0 Å². The zero-order valence-corrected chi connectivity index (χ0v) is 8.07. The van der Waals surface area contributed by atoms with Crippen molar-refractivity contribution < 1.29 is 24.2 Å². The summed E-state index contributed by atoms with van der Waals surface area (Å²) in [5.41, 5.74) is -0.0700. The molecule has 1 unspecified atom stereocenters. The second-order valence-electron chi connectivity index (χ2n) is 2.81. The molecule has 14 heavy (non-hydrogen) atoms. The number of carbonyl (C=O) groups excluding carboxylic acids is 2. The highest BCUT2D eigenvalue weighted by Gasteiger charge is 2.37. The van der Waals surface area contributed by atoms with Gasteiger partial charge in [-0.2, -0.15) is 0 Å². The first-order valence-corrected chi connectivity index (χ1v) is 4.28. The third-order valence-corrected chi connectivity index (χ3v) is 1.90. The minimum absolute atomic E-state index is 0.0631. The van der Waals surface area contributed by atoms with E-state index in [1.165, 1.54) is 7.11 Å². The van der Waals surface area contributed by atoms with Crippen molar-refractivity contribution in [3.8, 4) is 0 Å². The maximum absolute atomic E-state index is 11.3. The lowest BCUT2D eigenvalue weighted by molar-refractivity contribution is -0.137. The fourth-order valence-corrected chi connectivity index (χ4v) is 1.31. The molecule has 0 saturated carbocycles. The highest BCUT2D eigenvalue weighted by molar-refractivity contribution is 6.07. The first-order valence-electron chi connectivity index (χ1n) is 4.28. The number of hydrogen-bond acceptors (Lipinski definition) is 5. The number of hydrogen-bond donors (Lipinski definition) is 1. The van der Waals surface area contributed by atoms with Crippen molar-refractivity contribution in [2.45, 2.75) is 19.4 Å².